The number of rotatable bonds is 10. The Kier molecular flexibility index (Phi) is 8.68. The number of hydrogen-bond acceptors (Lipinski definition) is 7. The first-order valence-corrected chi connectivity index (χ1v) is 15.0. The fraction of sp³-hybridized carbons (Fsp3) is 0.333. The van der Waals surface area contributed by atoms with Crippen molar-refractivity contribution >= 4 is 0 Å². The summed E-state index contributed by atoms with van der Waals surface area (Å²) in [6.45, 7) is 19.2. The standard InChI is InChI=1S/C36H41N3O4/c1-5-14-37-20-29-17-26(8-11-32(29)41-22-37)35(27-9-12-33-30(18-27)21-38(15-6-2)23-42-33)36(40)28-10-13-34-31(19-28)25(4)39(16-7-3)24-43-34/h5-13,17-19,25,35-36,40H,1-3,14-16,20-24H2,4H3. The lowest BCUT2D eigenvalue weighted by Crippen LogP contribution is -2.35. The molecule has 3 aromatic carbocycles. The average Bonchev–Trinajstić information content (AvgIpc) is 3.02. The molecule has 3 aliphatic heterocycles. The van der Waals surface area contributed by atoms with Crippen LogP contribution in [-0.4, -0.2) is 59.6 Å². The molecule has 0 aromatic heterocycles. The molecule has 0 saturated carbocycles. The van der Waals surface area contributed by atoms with Crippen molar-refractivity contribution in [3.63, 3.8) is 0 Å². The van der Waals surface area contributed by atoms with Crippen molar-refractivity contribution in [1.29, 1.82) is 0 Å². The smallest absolute Gasteiger partial charge is 0.142 e. The predicted molar refractivity (Wildman–Crippen MR) is 169 cm³/mol. The van der Waals surface area contributed by atoms with Gasteiger partial charge in [0.1, 0.15) is 37.4 Å². The van der Waals surface area contributed by atoms with Crippen LogP contribution in [0.1, 0.15) is 58.4 Å². The Labute approximate surface area is 254 Å². The van der Waals surface area contributed by atoms with Crippen LogP contribution >= 0.6 is 0 Å². The van der Waals surface area contributed by atoms with E-state index < -0.39 is 6.10 Å². The monoisotopic (exact) mass is 579 g/mol. The van der Waals surface area contributed by atoms with E-state index in [-0.39, 0.29) is 12.0 Å². The van der Waals surface area contributed by atoms with Crippen molar-refractivity contribution in [3.05, 3.63) is 126 Å². The maximum atomic E-state index is 12.2. The van der Waals surface area contributed by atoms with Gasteiger partial charge in [-0.15, -0.1) is 19.7 Å². The predicted octanol–water partition coefficient (Wildman–Crippen LogP) is 6.13. The second-order valence-electron chi connectivity index (χ2n) is 11.6. The lowest BCUT2D eigenvalue weighted by Gasteiger charge is -2.35. The maximum Gasteiger partial charge on any atom is 0.142 e. The molecule has 6 rings (SSSR count). The first-order valence-electron chi connectivity index (χ1n) is 15.0. The highest BCUT2D eigenvalue weighted by Crippen LogP contribution is 2.43. The van der Waals surface area contributed by atoms with Crippen LogP contribution in [0.2, 0.25) is 0 Å². The lowest BCUT2D eigenvalue weighted by atomic mass is 9.81. The summed E-state index contributed by atoms with van der Waals surface area (Å²) in [4.78, 5) is 6.63. The molecule has 2 unspecified atom stereocenters. The van der Waals surface area contributed by atoms with Gasteiger partial charge in [-0.05, 0) is 47.9 Å². The Morgan fingerprint density at radius 3 is 1.79 bits per heavy atom. The van der Waals surface area contributed by atoms with E-state index in [1.807, 2.05) is 42.5 Å². The minimum absolute atomic E-state index is 0.140. The molecule has 0 spiro atoms. The van der Waals surface area contributed by atoms with Gasteiger partial charge in [-0.25, -0.2) is 0 Å². The number of ether oxygens (including phenoxy) is 3. The van der Waals surface area contributed by atoms with Crippen LogP contribution in [0.5, 0.6) is 17.2 Å². The van der Waals surface area contributed by atoms with Gasteiger partial charge in [0.25, 0.3) is 0 Å². The molecular weight excluding hydrogens is 538 g/mol. The largest absolute Gasteiger partial charge is 0.478 e. The second kappa shape index (κ2) is 12.8. The van der Waals surface area contributed by atoms with E-state index in [0.717, 1.165) is 83.4 Å². The molecule has 3 aliphatic rings. The molecule has 3 aromatic rings. The third-order valence-electron chi connectivity index (χ3n) is 8.69. The number of hydrogen-bond donors (Lipinski definition) is 1. The topological polar surface area (TPSA) is 57.6 Å². The van der Waals surface area contributed by atoms with E-state index >= 15 is 0 Å². The van der Waals surface area contributed by atoms with E-state index in [0.29, 0.717) is 20.2 Å². The molecular formula is C36H41N3O4. The van der Waals surface area contributed by atoms with Gasteiger partial charge in [-0.1, -0.05) is 48.6 Å². The summed E-state index contributed by atoms with van der Waals surface area (Å²) >= 11 is 0. The van der Waals surface area contributed by atoms with Crippen molar-refractivity contribution in [1.82, 2.24) is 14.7 Å². The molecule has 2 atom stereocenters. The van der Waals surface area contributed by atoms with Crippen LogP contribution < -0.4 is 14.2 Å². The van der Waals surface area contributed by atoms with Gasteiger partial charge in [0.15, 0.2) is 0 Å². The van der Waals surface area contributed by atoms with Gasteiger partial charge in [0.05, 0.1) is 6.10 Å². The minimum atomic E-state index is -0.800. The molecule has 0 radical (unpaired) electrons. The number of aliphatic hydroxyl groups is 1. The molecule has 224 valence electrons. The second-order valence-corrected chi connectivity index (χ2v) is 11.6. The zero-order valence-corrected chi connectivity index (χ0v) is 25.0. The zero-order valence-electron chi connectivity index (χ0n) is 25.0. The van der Waals surface area contributed by atoms with Gasteiger partial charge in [0.2, 0.25) is 0 Å². The summed E-state index contributed by atoms with van der Waals surface area (Å²) in [6, 6.07) is 18.9. The maximum absolute atomic E-state index is 12.2. The normalized spacial score (nSPS) is 19.2. The molecule has 0 aliphatic carbocycles. The van der Waals surface area contributed by atoms with E-state index in [4.69, 9.17) is 14.2 Å². The lowest BCUT2D eigenvalue weighted by molar-refractivity contribution is 0.0758. The fourth-order valence-electron chi connectivity index (χ4n) is 6.40. The molecule has 0 amide bonds. The molecule has 7 heteroatoms. The van der Waals surface area contributed by atoms with Crippen LogP contribution in [0.3, 0.4) is 0 Å². The Morgan fingerprint density at radius 2 is 1.23 bits per heavy atom. The fourth-order valence-corrected chi connectivity index (χ4v) is 6.40. The SMILES string of the molecule is C=CCN1COc2ccc(C(c3ccc4c(c3)CN(CC=C)CO4)C(O)c3ccc4c(c3)C(C)N(CC=C)CO4)cc2C1. The van der Waals surface area contributed by atoms with Crippen molar-refractivity contribution in [2.75, 3.05) is 39.8 Å². The van der Waals surface area contributed by atoms with Crippen molar-refractivity contribution < 1.29 is 19.3 Å². The van der Waals surface area contributed by atoms with Gasteiger partial charge in [-0.2, -0.15) is 0 Å². The van der Waals surface area contributed by atoms with Crippen LogP contribution in [0.15, 0.2) is 92.6 Å². The summed E-state index contributed by atoms with van der Waals surface area (Å²) in [5.74, 6) is 2.32. The highest BCUT2D eigenvalue weighted by molar-refractivity contribution is 5.49. The Balaban J connectivity index is 1.40. The summed E-state index contributed by atoms with van der Waals surface area (Å²) < 4.78 is 18.1. The quantitative estimate of drug-likeness (QED) is 0.290. The number of nitrogens with zero attached hydrogens (tertiary/aromatic N) is 3. The van der Waals surface area contributed by atoms with E-state index in [1.54, 1.807) is 0 Å². The third kappa shape index (κ3) is 5.99. The van der Waals surface area contributed by atoms with Crippen LogP contribution in [0.4, 0.5) is 0 Å². The average molecular weight is 580 g/mol. The van der Waals surface area contributed by atoms with Gasteiger partial charge in [-0.3, -0.25) is 14.7 Å². The van der Waals surface area contributed by atoms with Gasteiger partial charge < -0.3 is 19.3 Å². The molecule has 7 nitrogen and oxygen atoms in total. The Hall–Kier alpha value is -3.88. The first kappa shape index (κ1) is 29.2. The summed E-state index contributed by atoms with van der Waals surface area (Å²) in [7, 11) is 0. The molecule has 0 bridgehead atoms. The van der Waals surface area contributed by atoms with Crippen molar-refractivity contribution in [3.8, 4) is 17.2 Å². The van der Waals surface area contributed by atoms with Gasteiger partial charge >= 0.3 is 0 Å². The summed E-state index contributed by atoms with van der Waals surface area (Å²) in [6.07, 6.45) is 4.89. The molecule has 1 N–H and O–H groups in total. The Bertz CT molecular complexity index is 1430. The molecule has 43 heavy (non-hydrogen) atoms. The number of benzene rings is 3. The zero-order chi connectivity index (χ0) is 29.9. The van der Waals surface area contributed by atoms with Crippen molar-refractivity contribution in [2.24, 2.45) is 0 Å². The first-order chi connectivity index (χ1) is 21.0. The number of fused-ring (bicyclic) bond motifs is 3. The molecule has 3 heterocycles. The summed E-state index contributed by atoms with van der Waals surface area (Å²) in [5, 5.41) is 12.2. The molecule has 0 saturated heterocycles. The number of aliphatic hydroxyl groups excluding tert-OH is 1. The van der Waals surface area contributed by atoms with Gasteiger partial charge in [0, 0.05) is 61.4 Å². The summed E-state index contributed by atoms with van der Waals surface area (Å²) in [5.41, 5.74) is 6.20. The highest BCUT2D eigenvalue weighted by atomic mass is 16.5. The molecule has 0 fully saturated rings. The third-order valence-corrected chi connectivity index (χ3v) is 8.69. The van der Waals surface area contributed by atoms with E-state index in [1.165, 1.54) is 0 Å². The van der Waals surface area contributed by atoms with Crippen LogP contribution in [-0.2, 0) is 13.1 Å². The minimum Gasteiger partial charge on any atom is -0.478 e. The van der Waals surface area contributed by atoms with Crippen molar-refractivity contribution in [2.45, 2.75) is 38.1 Å². The highest BCUT2D eigenvalue weighted by Gasteiger charge is 2.31. The van der Waals surface area contributed by atoms with Crippen LogP contribution in [0.25, 0.3) is 0 Å². The van der Waals surface area contributed by atoms with E-state index in [9.17, 15) is 5.11 Å². The van der Waals surface area contributed by atoms with Crippen LogP contribution in [0, 0.1) is 0 Å². The Morgan fingerprint density at radius 1 is 0.721 bits per heavy atom. The van der Waals surface area contributed by atoms with E-state index in [2.05, 4.69) is 71.7 Å².